The molecule has 0 spiro atoms. The SMILES string of the molecule is CN(C)c1cccc(-c2cn3nc(N)nc3cc2C(=O)O)c1. The molecule has 3 aromatic rings. The molecule has 0 radical (unpaired) electrons. The Morgan fingerprint density at radius 1 is 1.32 bits per heavy atom. The van der Waals surface area contributed by atoms with Gasteiger partial charge in [0, 0.05) is 31.5 Å². The zero-order valence-electron chi connectivity index (χ0n) is 12.2. The van der Waals surface area contributed by atoms with E-state index in [9.17, 15) is 9.90 Å². The van der Waals surface area contributed by atoms with Crippen LogP contribution in [-0.4, -0.2) is 39.8 Å². The van der Waals surface area contributed by atoms with Gasteiger partial charge in [-0.1, -0.05) is 12.1 Å². The van der Waals surface area contributed by atoms with Crippen molar-refractivity contribution in [1.29, 1.82) is 0 Å². The van der Waals surface area contributed by atoms with Crippen LogP contribution in [0.2, 0.25) is 0 Å². The van der Waals surface area contributed by atoms with Gasteiger partial charge in [0.1, 0.15) is 0 Å². The average Bonchev–Trinajstić information content (AvgIpc) is 2.85. The minimum atomic E-state index is -1.02. The van der Waals surface area contributed by atoms with Gasteiger partial charge in [-0.3, -0.25) is 0 Å². The van der Waals surface area contributed by atoms with Gasteiger partial charge >= 0.3 is 5.97 Å². The number of fused-ring (bicyclic) bond motifs is 1. The summed E-state index contributed by atoms with van der Waals surface area (Å²) in [6.07, 6.45) is 1.64. The number of carbonyl (C=O) groups is 1. The van der Waals surface area contributed by atoms with Crippen molar-refractivity contribution in [2.75, 3.05) is 24.7 Å². The molecule has 0 aliphatic carbocycles. The summed E-state index contributed by atoms with van der Waals surface area (Å²) in [5.74, 6) is -0.912. The molecule has 3 rings (SSSR count). The van der Waals surface area contributed by atoms with E-state index in [2.05, 4.69) is 10.1 Å². The lowest BCUT2D eigenvalue weighted by Gasteiger charge is -2.14. The van der Waals surface area contributed by atoms with Crippen molar-refractivity contribution >= 4 is 23.3 Å². The lowest BCUT2D eigenvalue weighted by molar-refractivity contribution is 0.0697. The van der Waals surface area contributed by atoms with Crippen LogP contribution >= 0.6 is 0 Å². The van der Waals surface area contributed by atoms with Crippen molar-refractivity contribution < 1.29 is 9.90 Å². The number of aromatic carboxylic acids is 1. The van der Waals surface area contributed by atoms with E-state index in [1.165, 1.54) is 10.6 Å². The Labute approximate surface area is 126 Å². The summed E-state index contributed by atoms with van der Waals surface area (Å²) >= 11 is 0. The molecule has 0 saturated heterocycles. The Kier molecular flexibility index (Phi) is 3.17. The number of hydrogen-bond acceptors (Lipinski definition) is 5. The molecule has 22 heavy (non-hydrogen) atoms. The maximum Gasteiger partial charge on any atom is 0.336 e. The normalized spacial score (nSPS) is 10.8. The third-order valence-electron chi connectivity index (χ3n) is 3.39. The number of nitrogens with two attached hydrogens (primary N) is 1. The van der Waals surface area contributed by atoms with Gasteiger partial charge in [0.2, 0.25) is 5.95 Å². The van der Waals surface area contributed by atoms with Crippen molar-refractivity contribution in [1.82, 2.24) is 14.6 Å². The van der Waals surface area contributed by atoms with E-state index < -0.39 is 5.97 Å². The van der Waals surface area contributed by atoms with Gasteiger partial charge < -0.3 is 15.7 Å². The lowest BCUT2D eigenvalue weighted by Crippen LogP contribution is -2.08. The standard InChI is InChI=1S/C15H15N5O2/c1-19(2)10-5-3-4-9(6-10)12-8-20-13(17-15(16)18-20)7-11(12)14(21)22/h3-8H,1-2H3,(H2,16,18)(H,21,22). The van der Waals surface area contributed by atoms with Crippen LogP contribution in [0.25, 0.3) is 16.8 Å². The first kappa shape index (κ1) is 13.9. The number of carboxylic acids is 1. The fourth-order valence-corrected chi connectivity index (χ4v) is 2.30. The molecule has 0 atom stereocenters. The number of benzene rings is 1. The van der Waals surface area contributed by atoms with Gasteiger partial charge in [0.05, 0.1) is 5.56 Å². The average molecular weight is 297 g/mol. The first-order valence-electron chi connectivity index (χ1n) is 6.62. The van der Waals surface area contributed by atoms with Crippen LogP contribution in [0.15, 0.2) is 36.5 Å². The maximum atomic E-state index is 11.6. The second-order valence-corrected chi connectivity index (χ2v) is 5.12. The van der Waals surface area contributed by atoms with Crippen LogP contribution in [0.4, 0.5) is 11.6 Å². The summed E-state index contributed by atoms with van der Waals surface area (Å²) in [5, 5.41) is 13.5. The molecule has 0 saturated carbocycles. The first-order valence-corrected chi connectivity index (χ1v) is 6.62. The number of nitrogen functional groups attached to an aromatic ring is 1. The Morgan fingerprint density at radius 3 is 2.77 bits per heavy atom. The molecular formula is C15H15N5O2. The highest BCUT2D eigenvalue weighted by atomic mass is 16.4. The number of hydrogen-bond donors (Lipinski definition) is 2. The lowest BCUT2D eigenvalue weighted by atomic mass is 10.0. The highest BCUT2D eigenvalue weighted by Crippen LogP contribution is 2.28. The number of pyridine rings is 1. The van der Waals surface area contributed by atoms with Crippen LogP contribution in [0.1, 0.15) is 10.4 Å². The molecule has 2 heterocycles. The number of nitrogens with zero attached hydrogens (tertiary/aromatic N) is 4. The van der Waals surface area contributed by atoms with Gasteiger partial charge in [-0.25, -0.2) is 9.31 Å². The zero-order valence-corrected chi connectivity index (χ0v) is 12.2. The Morgan fingerprint density at radius 2 is 2.09 bits per heavy atom. The number of carboxylic acid groups (broad SMARTS) is 1. The second-order valence-electron chi connectivity index (χ2n) is 5.12. The van der Waals surface area contributed by atoms with Gasteiger partial charge in [0.25, 0.3) is 0 Å². The number of rotatable bonds is 3. The van der Waals surface area contributed by atoms with E-state index in [0.717, 1.165) is 11.3 Å². The second kappa shape index (κ2) is 5.03. The van der Waals surface area contributed by atoms with E-state index in [-0.39, 0.29) is 11.5 Å². The van der Waals surface area contributed by atoms with Crippen LogP contribution < -0.4 is 10.6 Å². The predicted molar refractivity (Wildman–Crippen MR) is 84.1 cm³/mol. The highest BCUT2D eigenvalue weighted by molar-refractivity contribution is 5.97. The molecule has 2 aromatic heterocycles. The molecule has 0 unspecified atom stereocenters. The van der Waals surface area contributed by atoms with Gasteiger partial charge in [-0.2, -0.15) is 4.98 Å². The first-order chi connectivity index (χ1) is 10.5. The summed E-state index contributed by atoms with van der Waals surface area (Å²) < 4.78 is 1.49. The molecule has 112 valence electrons. The van der Waals surface area contributed by atoms with Crippen molar-refractivity contribution in [3.05, 3.63) is 42.1 Å². The fraction of sp³-hybridized carbons (Fsp3) is 0.133. The quantitative estimate of drug-likeness (QED) is 0.764. The zero-order chi connectivity index (χ0) is 15.9. The van der Waals surface area contributed by atoms with Crippen molar-refractivity contribution in [2.24, 2.45) is 0 Å². The predicted octanol–water partition coefficient (Wildman–Crippen LogP) is 1.74. The van der Waals surface area contributed by atoms with Crippen LogP contribution in [0.5, 0.6) is 0 Å². The van der Waals surface area contributed by atoms with Gasteiger partial charge in [0.15, 0.2) is 5.65 Å². The third-order valence-corrected chi connectivity index (χ3v) is 3.39. The Balaban J connectivity index is 2.26. The van der Waals surface area contributed by atoms with Gasteiger partial charge in [-0.05, 0) is 23.8 Å². The van der Waals surface area contributed by atoms with Crippen LogP contribution in [0.3, 0.4) is 0 Å². The molecule has 1 aromatic carbocycles. The molecule has 0 bridgehead atoms. The maximum absolute atomic E-state index is 11.6. The smallest absolute Gasteiger partial charge is 0.336 e. The molecule has 0 amide bonds. The van der Waals surface area contributed by atoms with E-state index in [1.54, 1.807) is 6.20 Å². The largest absolute Gasteiger partial charge is 0.478 e. The fourth-order valence-electron chi connectivity index (χ4n) is 2.30. The Bertz CT molecular complexity index is 869. The summed E-state index contributed by atoms with van der Waals surface area (Å²) in [7, 11) is 3.86. The van der Waals surface area contributed by atoms with Crippen LogP contribution in [-0.2, 0) is 0 Å². The van der Waals surface area contributed by atoms with E-state index in [1.807, 2.05) is 43.3 Å². The van der Waals surface area contributed by atoms with Crippen molar-refractivity contribution in [2.45, 2.75) is 0 Å². The van der Waals surface area contributed by atoms with Gasteiger partial charge in [-0.15, -0.1) is 5.10 Å². The monoisotopic (exact) mass is 297 g/mol. The highest BCUT2D eigenvalue weighted by Gasteiger charge is 2.16. The molecule has 3 N–H and O–H groups in total. The van der Waals surface area contributed by atoms with E-state index in [0.29, 0.717) is 11.2 Å². The number of aromatic nitrogens is 3. The summed E-state index contributed by atoms with van der Waals surface area (Å²) in [4.78, 5) is 17.5. The molecule has 0 aliphatic heterocycles. The molecule has 0 fully saturated rings. The summed E-state index contributed by atoms with van der Waals surface area (Å²) in [6, 6.07) is 9.10. The topological polar surface area (TPSA) is 96.8 Å². The summed E-state index contributed by atoms with van der Waals surface area (Å²) in [5.41, 5.74) is 8.47. The summed E-state index contributed by atoms with van der Waals surface area (Å²) in [6.45, 7) is 0. The molecule has 7 nitrogen and oxygen atoms in total. The number of anilines is 2. The molecule has 7 heteroatoms. The minimum Gasteiger partial charge on any atom is -0.478 e. The van der Waals surface area contributed by atoms with E-state index in [4.69, 9.17) is 5.73 Å². The minimum absolute atomic E-state index is 0.107. The van der Waals surface area contributed by atoms with E-state index >= 15 is 0 Å². The molecular weight excluding hydrogens is 282 g/mol. The third kappa shape index (κ3) is 2.32. The Hall–Kier alpha value is -3.09. The van der Waals surface area contributed by atoms with Crippen LogP contribution in [0, 0.1) is 0 Å². The van der Waals surface area contributed by atoms with Crippen molar-refractivity contribution in [3.8, 4) is 11.1 Å². The molecule has 0 aliphatic rings. The van der Waals surface area contributed by atoms with Crippen molar-refractivity contribution in [3.63, 3.8) is 0 Å².